The molecule has 0 aromatic heterocycles. The van der Waals surface area contributed by atoms with Crippen LogP contribution in [0.2, 0.25) is 0 Å². The minimum atomic E-state index is -3.51. The SMILES string of the molecule is CCOc1ccccc1/C=C/C(=O)Nc1ccc(S(=O)(=O)N(CC)CC)cc1. The molecule has 0 saturated heterocycles. The zero-order valence-corrected chi connectivity index (χ0v) is 17.2. The van der Waals surface area contributed by atoms with Crippen LogP contribution in [0, 0.1) is 0 Å². The fraction of sp³-hybridized carbons (Fsp3) is 0.286. The Labute approximate surface area is 166 Å². The number of hydrogen-bond donors (Lipinski definition) is 1. The predicted octanol–water partition coefficient (Wildman–Crippen LogP) is 3.77. The Balaban J connectivity index is 2.07. The molecule has 0 aliphatic carbocycles. The third-order valence-corrected chi connectivity index (χ3v) is 6.16. The molecule has 1 N–H and O–H groups in total. The second kappa shape index (κ2) is 10.1. The highest BCUT2D eigenvalue weighted by Gasteiger charge is 2.21. The number of rotatable bonds is 9. The Morgan fingerprint density at radius 2 is 1.68 bits per heavy atom. The van der Waals surface area contributed by atoms with E-state index in [1.165, 1.54) is 22.5 Å². The maximum Gasteiger partial charge on any atom is 0.248 e. The first-order valence-electron chi connectivity index (χ1n) is 9.23. The van der Waals surface area contributed by atoms with E-state index < -0.39 is 10.0 Å². The average Bonchev–Trinajstić information content (AvgIpc) is 2.69. The number of sulfonamides is 1. The van der Waals surface area contributed by atoms with Crippen LogP contribution in [0.15, 0.2) is 59.5 Å². The van der Waals surface area contributed by atoms with E-state index in [4.69, 9.17) is 4.74 Å². The topological polar surface area (TPSA) is 75.7 Å². The summed E-state index contributed by atoms with van der Waals surface area (Å²) in [5.41, 5.74) is 1.33. The molecule has 0 fully saturated rings. The van der Waals surface area contributed by atoms with Crippen molar-refractivity contribution in [1.29, 1.82) is 0 Å². The number of anilines is 1. The van der Waals surface area contributed by atoms with Gasteiger partial charge in [0.1, 0.15) is 5.75 Å². The van der Waals surface area contributed by atoms with Crippen LogP contribution >= 0.6 is 0 Å². The molecular weight excluding hydrogens is 376 g/mol. The zero-order valence-electron chi connectivity index (χ0n) is 16.4. The maximum absolute atomic E-state index is 12.5. The highest BCUT2D eigenvalue weighted by Crippen LogP contribution is 2.20. The molecule has 0 radical (unpaired) electrons. The molecule has 0 spiro atoms. The van der Waals surface area contributed by atoms with Crippen molar-refractivity contribution in [2.24, 2.45) is 0 Å². The highest BCUT2D eigenvalue weighted by atomic mass is 32.2. The summed E-state index contributed by atoms with van der Waals surface area (Å²) in [7, 11) is -3.51. The lowest BCUT2D eigenvalue weighted by molar-refractivity contribution is -0.111. The third kappa shape index (κ3) is 5.43. The van der Waals surface area contributed by atoms with Crippen LogP contribution in [0.25, 0.3) is 6.08 Å². The highest BCUT2D eigenvalue weighted by molar-refractivity contribution is 7.89. The Bertz CT molecular complexity index is 918. The van der Waals surface area contributed by atoms with E-state index >= 15 is 0 Å². The number of carbonyl (C=O) groups is 1. The molecule has 2 rings (SSSR count). The number of nitrogens with zero attached hydrogens (tertiary/aromatic N) is 1. The van der Waals surface area contributed by atoms with Gasteiger partial charge in [0.05, 0.1) is 11.5 Å². The van der Waals surface area contributed by atoms with Gasteiger partial charge in [-0.2, -0.15) is 4.31 Å². The Kier molecular flexibility index (Phi) is 7.78. The van der Waals surface area contributed by atoms with Crippen molar-refractivity contribution in [3.63, 3.8) is 0 Å². The van der Waals surface area contributed by atoms with Gasteiger partial charge in [-0.15, -0.1) is 0 Å². The molecule has 0 bridgehead atoms. The van der Waals surface area contributed by atoms with Gasteiger partial charge in [0.25, 0.3) is 0 Å². The first-order chi connectivity index (χ1) is 13.4. The predicted molar refractivity (Wildman–Crippen MR) is 112 cm³/mol. The summed E-state index contributed by atoms with van der Waals surface area (Å²) >= 11 is 0. The number of para-hydroxylation sites is 1. The number of amides is 1. The second-order valence-electron chi connectivity index (χ2n) is 5.91. The minimum absolute atomic E-state index is 0.204. The van der Waals surface area contributed by atoms with Gasteiger partial charge in [-0.3, -0.25) is 4.79 Å². The summed E-state index contributed by atoms with van der Waals surface area (Å²) in [4.78, 5) is 12.4. The van der Waals surface area contributed by atoms with E-state index in [-0.39, 0.29) is 10.8 Å². The Morgan fingerprint density at radius 1 is 1.04 bits per heavy atom. The van der Waals surface area contributed by atoms with Gasteiger partial charge in [-0.25, -0.2) is 8.42 Å². The second-order valence-corrected chi connectivity index (χ2v) is 7.85. The van der Waals surface area contributed by atoms with Crippen LogP contribution in [0.3, 0.4) is 0 Å². The van der Waals surface area contributed by atoms with E-state index in [9.17, 15) is 13.2 Å². The summed E-state index contributed by atoms with van der Waals surface area (Å²) in [6, 6.07) is 13.6. The van der Waals surface area contributed by atoms with Gasteiger partial charge >= 0.3 is 0 Å². The standard InChI is InChI=1S/C21H26N2O4S/c1-4-23(5-2)28(25,26)19-14-12-18(13-15-19)22-21(24)16-11-17-9-7-8-10-20(17)27-6-3/h7-16H,4-6H2,1-3H3,(H,22,24)/b16-11+. The van der Waals surface area contributed by atoms with Crippen LogP contribution in [0.4, 0.5) is 5.69 Å². The monoisotopic (exact) mass is 402 g/mol. The molecule has 0 aliphatic heterocycles. The van der Waals surface area contributed by atoms with Crippen LogP contribution in [-0.2, 0) is 14.8 Å². The third-order valence-electron chi connectivity index (χ3n) is 4.10. The van der Waals surface area contributed by atoms with Gasteiger partial charge in [0.15, 0.2) is 0 Å². The minimum Gasteiger partial charge on any atom is -0.493 e. The summed E-state index contributed by atoms with van der Waals surface area (Å²) in [5, 5.41) is 2.72. The first kappa shape index (κ1) is 21.7. The first-order valence-corrected chi connectivity index (χ1v) is 10.7. The molecule has 7 heteroatoms. The number of nitrogens with one attached hydrogen (secondary N) is 1. The van der Waals surface area contributed by atoms with Crippen LogP contribution in [-0.4, -0.2) is 38.3 Å². The lowest BCUT2D eigenvalue weighted by Crippen LogP contribution is -2.30. The lowest BCUT2D eigenvalue weighted by Gasteiger charge is -2.18. The smallest absolute Gasteiger partial charge is 0.248 e. The molecular formula is C21H26N2O4S. The van der Waals surface area contributed by atoms with E-state index in [1.54, 1.807) is 32.1 Å². The molecule has 0 unspecified atom stereocenters. The normalized spacial score (nSPS) is 11.7. The molecule has 150 valence electrons. The lowest BCUT2D eigenvalue weighted by atomic mass is 10.2. The van der Waals surface area contributed by atoms with Crippen molar-refractivity contribution in [1.82, 2.24) is 4.31 Å². The van der Waals surface area contributed by atoms with Gasteiger partial charge in [-0.05, 0) is 43.3 Å². The zero-order chi connectivity index (χ0) is 20.6. The molecule has 28 heavy (non-hydrogen) atoms. The van der Waals surface area contributed by atoms with Crippen molar-refractivity contribution in [2.75, 3.05) is 25.0 Å². The van der Waals surface area contributed by atoms with Gasteiger partial charge in [0.2, 0.25) is 15.9 Å². The summed E-state index contributed by atoms with van der Waals surface area (Å²) < 4.78 is 31.9. The fourth-order valence-corrected chi connectivity index (χ4v) is 4.14. The van der Waals surface area contributed by atoms with E-state index in [0.29, 0.717) is 31.1 Å². The Morgan fingerprint density at radius 3 is 2.29 bits per heavy atom. The van der Waals surface area contributed by atoms with Crippen molar-refractivity contribution in [3.8, 4) is 5.75 Å². The number of carbonyl (C=O) groups excluding carboxylic acids is 1. The van der Waals surface area contributed by atoms with Crippen LogP contribution in [0.1, 0.15) is 26.3 Å². The number of hydrogen-bond acceptors (Lipinski definition) is 4. The quantitative estimate of drug-likeness (QED) is 0.648. The van der Waals surface area contributed by atoms with E-state index in [1.807, 2.05) is 31.2 Å². The molecule has 6 nitrogen and oxygen atoms in total. The number of ether oxygens (including phenoxy) is 1. The molecule has 0 atom stereocenters. The van der Waals surface area contributed by atoms with Gasteiger partial charge in [0, 0.05) is 30.4 Å². The van der Waals surface area contributed by atoms with E-state index in [2.05, 4.69) is 5.32 Å². The van der Waals surface area contributed by atoms with Crippen LogP contribution < -0.4 is 10.1 Å². The molecule has 2 aromatic rings. The fourth-order valence-electron chi connectivity index (χ4n) is 2.68. The molecule has 0 aliphatic rings. The summed E-state index contributed by atoms with van der Waals surface area (Å²) in [6.45, 7) is 6.85. The van der Waals surface area contributed by atoms with E-state index in [0.717, 1.165) is 5.56 Å². The van der Waals surface area contributed by atoms with Crippen LogP contribution in [0.5, 0.6) is 5.75 Å². The molecule has 0 saturated carbocycles. The largest absolute Gasteiger partial charge is 0.493 e. The van der Waals surface area contributed by atoms with Crippen molar-refractivity contribution in [2.45, 2.75) is 25.7 Å². The maximum atomic E-state index is 12.5. The van der Waals surface area contributed by atoms with Gasteiger partial charge < -0.3 is 10.1 Å². The number of benzene rings is 2. The van der Waals surface area contributed by atoms with Crippen molar-refractivity contribution >= 4 is 27.7 Å². The average molecular weight is 403 g/mol. The van der Waals surface area contributed by atoms with Gasteiger partial charge in [-0.1, -0.05) is 32.0 Å². The molecule has 2 aromatic carbocycles. The summed E-state index contributed by atoms with van der Waals surface area (Å²) in [6.07, 6.45) is 3.10. The Hall–Kier alpha value is -2.64. The van der Waals surface area contributed by atoms with Crippen molar-refractivity contribution < 1.29 is 17.9 Å². The molecule has 1 amide bonds. The summed E-state index contributed by atoms with van der Waals surface area (Å²) in [5.74, 6) is 0.394. The molecule has 0 heterocycles. The van der Waals surface area contributed by atoms with Crippen molar-refractivity contribution in [3.05, 3.63) is 60.2 Å².